The molecule has 0 aliphatic rings. The van der Waals surface area contributed by atoms with E-state index in [0.29, 0.717) is 5.82 Å². The summed E-state index contributed by atoms with van der Waals surface area (Å²) in [6.07, 6.45) is 1.69. The summed E-state index contributed by atoms with van der Waals surface area (Å²) in [5, 5.41) is 13.7. The summed E-state index contributed by atoms with van der Waals surface area (Å²) >= 11 is 0. The fraction of sp³-hybridized carbons (Fsp3) is 0.273. The van der Waals surface area contributed by atoms with Gasteiger partial charge in [0.1, 0.15) is 5.82 Å². The highest BCUT2D eigenvalue weighted by Crippen LogP contribution is 2.17. The van der Waals surface area contributed by atoms with Gasteiger partial charge in [0, 0.05) is 17.8 Å². The summed E-state index contributed by atoms with van der Waals surface area (Å²) in [6, 6.07) is 3.56. The van der Waals surface area contributed by atoms with Crippen LogP contribution >= 0.6 is 0 Å². The first-order valence-electron chi connectivity index (χ1n) is 5.86. The summed E-state index contributed by atoms with van der Waals surface area (Å²) in [7, 11) is 0. The van der Waals surface area contributed by atoms with Gasteiger partial charge in [0.15, 0.2) is 11.5 Å². The van der Waals surface area contributed by atoms with E-state index in [1.54, 1.807) is 10.7 Å². The summed E-state index contributed by atoms with van der Waals surface area (Å²) < 4.78 is 1.70. The molecule has 8 heteroatoms. The maximum atomic E-state index is 11.0. The number of anilines is 1. The Balaban J connectivity index is 1.96. The van der Waals surface area contributed by atoms with Crippen LogP contribution in [0.25, 0.3) is 5.65 Å². The summed E-state index contributed by atoms with van der Waals surface area (Å²) in [5.74, 6) is 1.34. The Morgan fingerprint density at radius 1 is 1.47 bits per heavy atom. The molecule has 0 radical (unpaired) electrons. The second-order valence-electron chi connectivity index (χ2n) is 4.31. The molecule has 0 aliphatic heterocycles. The van der Waals surface area contributed by atoms with Gasteiger partial charge >= 0.3 is 5.69 Å². The Kier molecular flexibility index (Phi) is 2.55. The monoisotopic (exact) mass is 259 g/mol. The van der Waals surface area contributed by atoms with Crippen LogP contribution in [0.5, 0.6) is 0 Å². The average molecular weight is 259 g/mol. The molecule has 0 bridgehead atoms. The predicted molar refractivity (Wildman–Crippen MR) is 69.0 cm³/mol. The molecule has 3 rings (SSSR count). The van der Waals surface area contributed by atoms with Crippen molar-refractivity contribution in [1.29, 1.82) is 0 Å². The van der Waals surface area contributed by atoms with E-state index in [0.717, 1.165) is 17.2 Å². The lowest BCUT2D eigenvalue weighted by Crippen LogP contribution is -2.13. The molecule has 0 fully saturated rings. The van der Waals surface area contributed by atoms with Gasteiger partial charge in [-0.2, -0.15) is 14.7 Å². The van der Waals surface area contributed by atoms with Crippen LogP contribution < -0.4 is 11.0 Å². The highest BCUT2D eigenvalue weighted by atomic mass is 16.1. The molecule has 0 amide bonds. The number of aromatic nitrogens is 6. The third-order valence-corrected chi connectivity index (χ3v) is 2.78. The fourth-order valence-corrected chi connectivity index (χ4v) is 1.92. The zero-order valence-electron chi connectivity index (χ0n) is 10.5. The van der Waals surface area contributed by atoms with Crippen LogP contribution in [0.1, 0.15) is 24.5 Å². The van der Waals surface area contributed by atoms with Gasteiger partial charge in [-0.3, -0.25) is 4.98 Å². The van der Waals surface area contributed by atoms with Crippen molar-refractivity contribution in [2.75, 3.05) is 5.32 Å². The molecule has 19 heavy (non-hydrogen) atoms. The molecule has 0 saturated carbocycles. The number of aryl methyl sites for hydroxylation is 1. The van der Waals surface area contributed by atoms with Crippen LogP contribution in [0.15, 0.2) is 23.1 Å². The van der Waals surface area contributed by atoms with E-state index >= 15 is 0 Å². The molecule has 3 aromatic heterocycles. The Morgan fingerprint density at radius 2 is 2.32 bits per heavy atom. The van der Waals surface area contributed by atoms with Crippen molar-refractivity contribution in [2.45, 2.75) is 19.9 Å². The zero-order chi connectivity index (χ0) is 13.4. The molecule has 1 unspecified atom stereocenters. The van der Waals surface area contributed by atoms with Crippen molar-refractivity contribution in [1.82, 2.24) is 29.8 Å². The molecule has 3 heterocycles. The molecule has 98 valence electrons. The highest BCUT2D eigenvalue weighted by molar-refractivity contribution is 5.49. The fourth-order valence-electron chi connectivity index (χ4n) is 1.92. The Bertz CT molecular complexity index is 769. The van der Waals surface area contributed by atoms with Crippen LogP contribution in [-0.2, 0) is 0 Å². The topological polar surface area (TPSA) is 104 Å². The van der Waals surface area contributed by atoms with Crippen molar-refractivity contribution < 1.29 is 0 Å². The van der Waals surface area contributed by atoms with E-state index < -0.39 is 0 Å². The van der Waals surface area contributed by atoms with Crippen LogP contribution in [0.3, 0.4) is 0 Å². The molecule has 0 spiro atoms. The van der Waals surface area contributed by atoms with Gasteiger partial charge in [0.25, 0.3) is 0 Å². The number of H-pyrrole nitrogens is 2. The maximum Gasteiger partial charge on any atom is 0.340 e. The minimum atomic E-state index is -0.321. The summed E-state index contributed by atoms with van der Waals surface area (Å²) in [4.78, 5) is 18.0. The number of aromatic amines is 2. The van der Waals surface area contributed by atoms with Crippen LogP contribution in [0, 0.1) is 6.92 Å². The van der Waals surface area contributed by atoms with Crippen molar-refractivity contribution in [2.24, 2.45) is 0 Å². The smallest absolute Gasteiger partial charge is 0.340 e. The number of hydrogen-bond donors (Lipinski definition) is 3. The molecule has 3 aromatic rings. The quantitative estimate of drug-likeness (QED) is 0.639. The van der Waals surface area contributed by atoms with Gasteiger partial charge in [0.2, 0.25) is 0 Å². The van der Waals surface area contributed by atoms with Gasteiger partial charge in [0.05, 0.1) is 12.2 Å². The van der Waals surface area contributed by atoms with E-state index in [2.05, 4.69) is 30.6 Å². The number of nitrogens with one attached hydrogen (secondary N) is 3. The first-order chi connectivity index (χ1) is 9.13. The number of hydrogen-bond acceptors (Lipinski definition) is 5. The molecular formula is C11H13N7O. The normalized spacial score (nSPS) is 12.7. The maximum absolute atomic E-state index is 11.0. The predicted octanol–water partition coefficient (Wildman–Crippen LogP) is 0.622. The lowest BCUT2D eigenvalue weighted by Gasteiger charge is -2.13. The van der Waals surface area contributed by atoms with Gasteiger partial charge in [-0.05, 0) is 13.8 Å². The van der Waals surface area contributed by atoms with Crippen LogP contribution in [-0.4, -0.2) is 29.8 Å². The SMILES string of the molecule is Cc1cc(NC(C)c2n[nH]c(=O)[nH]2)n2nccc2n1. The Morgan fingerprint density at radius 3 is 3.05 bits per heavy atom. The zero-order valence-corrected chi connectivity index (χ0v) is 10.5. The third-order valence-electron chi connectivity index (χ3n) is 2.78. The lowest BCUT2D eigenvalue weighted by atomic mass is 10.3. The molecular weight excluding hydrogens is 246 g/mol. The van der Waals surface area contributed by atoms with E-state index in [4.69, 9.17) is 0 Å². The lowest BCUT2D eigenvalue weighted by molar-refractivity contribution is 0.775. The molecule has 0 aliphatic carbocycles. The summed E-state index contributed by atoms with van der Waals surface area (Å²) in [6.45, 7) is 3.82. The van der Waals surface area contributed by atoms with E-state index in [1.165, 1.54) is 0 Å². The average Bonchev–Trinajstić information content (AvgIpc) is 2.97. The molecule has 8 nitrogen and oxygen atoms in total. The van der Waals surface area contributed by atoms with Gasteiger partial charge < -0.3 is 5.32 Å². The van der Waals surface area contributed by atoms with Crippen LogP contribution in [0.2, 0.25) is 0 Å². The van der Waals surface area contributed by atoms with E-state index in [-0.39, 0.29) is 11.7 Å². The molecule has 0 aromatic carbocycles. The van der Waals surface area contributed by atoms with Crippen molar-refractivity contribution >= 4 is 11.5 Å². The van der Waals surface area contributed by atoms with Crippen molar-refractivity contribution in [3.8, 4) is 0 Å². The Labute approximate surface area is 107 Å². The largest absolute Gasteiger partial charge is 0.360 e. The Hall–Kier alpha value is -2.64. The molecule has 3 N–H and O–H groups in total. The first kappa shape index (κ1) is 11.5. The highest BCUT2D eigenvalue weighted by Gasteiger charge is 2.12. The summed E-state index contributed by atoms with van der Waals surface area (Å²) in [5.41, 5.74) is 1.34. The van der Waals surface area contributed by atoms with Crippen molar-refractivity contribution in [3.05, 3.63) is 40.3 Å². The number of nitrogens with zero attached hydrogens (tertiary/aromatic N) is 4. The van der Waals surface area contributed by atoms with Gasteiger partial charge in [-0.25, -0.2) is 14.9 Å². The van der Waals surface area contributed by atoms with Gasteiger partial charge in [-0.15, -0.1) is 0 Å². The van der Waals surface area contributed by atoms with Crippen LogP contribution in [0.4, 0.5) is 5.82 Å². The second-order valence-corrected chi connectivity index (χ2v) is 4.31. The second kappa shape index (κ2) is 4.23. The van der Waals surface area contributed by atoms with Gasteiger partial charge in [-0.1, -0.05) is 0 Å². The minimum Gasteiger partial charge on any atom is -0.360 e. The molecule has 1 atom stereocenters. The van der Waals surface area contributed by atoms with E-state index in [9.17, 15) is 4.79 Å². The number of fused-ring (bicyclic) bond motifs is 1. The minimum absolute atomic E-state index is 0.159. The number of rotatable bonds is 3. The van der Waals surface area contributed by atoms with E-state index in [1.807, 2.05) is 26.0 Å². The molecule has 0 saturated heterocycles. The first-order valence-corrected chi connectivity index (χ1v) is 5.86. The standard InChI is InChI=1S/C11H13N7O/c1-6-5-9(18-8(13-6)3-4-12-18)14-7(2)10-15-11(19)17-16-10/h3-5,7,14H,1-2H3,(H2,15,16,17,19). The third kappa shape index (κ3) is 2.07. The van der Waals surface area contributed by atoms with Crippen molar-refractivity contribution in [3.63, 3.8) is 0 Å².